The molecule has 0 aliphatic heterocycles. The first-order valence-corrected chi connectivity index (χ1v) is 6.14. The monoisotopic (exact) mass is 286 g/mol. The van der Waals surface area contributed by atoms with Crippen molar-refractivity contribution in [3.8, 4) is 5.75 Å². The normalized spacial score (nSPS) is 11.4. The van der Waals surface area contributed by atoms with Gasteiger partial charge in [-0.2, -0.15) is 13.2 Å². The lowest BCUT2D eigenvalue weighted by Crippen LogP contribution is -2.07. The Morgan fingerprint density at radius 1 is 1.26 bits per heavy atom. The Morgan fingerprint density at radius 2 is 2.00 bits per heavy atom. The summed E-state index contributed by atoms with van der Waals surface area (Å²) in [6.45, 7) is 0. The molecule has 0 saturated carbocycles. The summed E-state index contributed by atoms with van der Waals surface area (Å²) in [5, 5.41) is 1.63. The molecule has 1 aromatic carbocycles. The Labute approximate surface area is 111 Å². The maximum Gasteiger partial charge on any atom is 0.416 e. The van der Waals surface area contributed by atoms with Gasteiger partial charge in [-0.1, -0.05) is 12.1 Å². The predicted molar refractivity (Wildman–Crippen MR) is 65.7 cm³/mol. The summed E-state index contributed by atoms with van der Waals surface area (Å²) in [4.78, 5) is 12.4. The Balaban J connectivity index is 2.34. The zero-order chi connectivity index (χ0) is 14.0. The first-order valence-electron chi connectivity index (χ1n) is 5.26. The largest absolute Gasteiger partial charge is 0.496 e. The second kappa shape index (κ2) is 5.05. The molecule has 0 radical (unpaired) electrons. The van der Waals surface area contributed by atoms with Gasteiger partial charge in [0.15, 0.2) is 0 Å². The van der Waals surface area contributed by atoms with Gasteiger partial charge in [0.25, 0.3) is 0 Å². The van der Waals surface area contributed by atoms with Crippen molar-refractivity contribution in [3.63, 3.8) is 0 Å². The highest BCUT2D eigenvalue weighted by atomic mass is 32.1. The highest BCUT2D eigenvalue weighted by molar-refractivity contribution is 7.12. The highest BCUT2D eigenvalue weighted by Crippen LogP contribution is 2.31. The van der Waals surface area contributed by atoms with Crippen LogP contribution in [0.5, 0.6) is 5.75 Å². The highest BCUT2D eigenvalue weighted by Gasteiger charge is 2.31. The van der Waals surface area contributed by atoms with E-state index in [0.29, 0.717) is 10.6 Å². The second-order valence-corrected chi connectivity index (χ2v) is 4.67. The number of thiophene rings is 1. The average Bonchev–Trinajstić information content (AvgIpc) is 2.86. The van der Waals surface area contributed by atoms with Crippen LogP contribution in [0.4, 0.5) is 13.2 Å². The number of halogens is 3. The zero-order valence-electron chi connectivity index (χ0n) is 9.82. The molecule has 0 N–H and O–H groups in total. The molecule has 1 heterocycles. The van der Waals surface area contributed by atoms with E-state index >= 15 is 0 Å². The summed E-state index contributed by atoms with van der Waals surface area (Å²) in [5.41, 5.74) is -0.818. The van der Waals surface area contributed by atoms with Gasteiger partial charge in [-0.05, 0) is 12.1 Å². The minimum Gasteiger partial charge on any atom is -0.496 e. The van der Waals surface area contributed by atoms with E-state index in [1.54, 1.807) is 5.38 Å². The van der Waals surface area contributed by atoms with Crippen molar-refractivity contribution in [1.82, 2.24) is 0 Å². The van der Waals surface area contributed by atoms with Crippen LogP contribution in [0.3, 0.4) is 0 Å². The lowest BCUT2D eigenvalue weighted by Gasteiger charge is -2.07. The van der Waals surface area contributed by atoms with Crippen LogP contribution in [0.25, 0.3) is 0 Å². The molecule has 0 saturated heterocycles. The first-order chi connectivity index (χ1) is 8.91. The molecule has 0 bridgehead atoms. The molecule has 0 atom stereocenters. The number of alkyl halides is 3. The van der Waals surface area contributed by atoms with E-state index in [2.05, 4.69) is 0 Å². The summed E-state index contributed by atoms with van der Waals surface area (Å²) in [5.74, 6) is 0.0692. The maximum absolute atomic E-state index is 12.6. The second-order valence-electron chi connectivity index (χ2n) is 3.76. The number of benzene rings is 1. The summed E-state index contributed by atoms with van der Waals surface area (Å²) in [6.07, 6.45) is -4.45. The van der Waals surface area contributed by atoms with E-state index in [9.17, 15) is 18.0 Å². The van der Waals surface area contributed by atoms with E-state index in [0.717, 1.165) is 23.5 Å². The molecule has 0 spiro atoms. The minimum absolute atomic E-state index is 0.0133. The molecule has 0 amide bonds. The molecule has 0 fully saturated rings. The fourth-order valence-corrected chi connectivity index (χ4v) is 2.34. The maximum atomic E-state index is 12.6. The molecule has 2 nitrogen and oxygen atoms in total. The third-order valence-corrected chi connectivity index (χ3v) is 3.39. The number of carbonyl (C=O) groups is 1. The minimum atomic E-state index is -4.45. The van der Waals surface area contributed by atoms with E-state index in [1.165, 1.54) is 25.3 Å². The quantitative estimate of drug-likeness (QED) is 0.797. The standard InChI is InChI=1S/C13H9F3O2S/c1-18-10-6-11(19-7-10)12(17)8-3-2-4-9(5-8)13(14,15)16/h2-7H,1H3. The predicted octanol–water partition coefficient (Wildman–Crippen LogP) is 4.01. The van der Waals surface area contributed by atoms with Gasteiger partial charge in [-0.15, -0.1) is 11.3 Å². The summed E-state index contributed by atoms with van der Waals surface area (Å²) in [7, 11) is 1.46. The summed E-state index contributed by atoms with van der Waals surface area (Å²) < 4.78 is 42.6. The molecule has 1 aromatic heterocycles. The van der Waals surface area contributed by atoms with E-state index in [4.69, 9.17) is 4.74 Å². The van der Waals surface area contributed by atoms with Crippen LogP contribution in [0.2, 0.25) is 0 Å². The number of ketones is 1. The van der Waals surface area contributed by atoms with Crippen LogP contribution in [0.1, 0.15) is 20.8 Å². The number of carbonyl (C=O) groups excluding carboxylic acids is 1. The van der Waals surface area contributed by atoms with Gasteiger partial charge in [-0.25, -0.2) is 0 Å². The molecular formula is C13H9F3O2S. The Bertz CT molecular complexity index is 602. The third-order valence-electron chi connectivity index (χ3n) is 2.49. The first kappa shape index (κ1) is 13.6. The average molecular weight is 286 g/mol. The molecule has 2 aromatic rings. The van der Waals surface area contributed by atoms with Crippen LogP contribution in [0.15, 0.2) is 35.7 Å². The lowest BCUT2D eigenvalue weighted by atomic mass is 10.1. The van der Waals surface area contributed by atoms with Gasteiger partial charge >= 0.3 is 6.18 Å². The van der Waals surface area contributed by atoms with E-state index < -0.39 is 17.5 Å². The Kier molecular flexibility index (Phi) is 3.61. The molecule has 2 rings (SSSR count). The van der Waals surface area contributed by atoms with Crippen LogP contribution in [-0.2, 0) is 6.18 Å². The summed E-state index contributed by atoms with van der Waals surface area (Å²) >= 11 is 1.13. The van der Waals surface area contributed by atoms with Crippen molar-refractivity contribution in [3.05, 3.63) is 51.7 Å². The van der Waals surface area contributed by atoms with Crippen molar-refractivity contribution in [2.24, 2.45) is 0 Å². The molecule has 0 unspecified atom stereocenters. The van der Waals surface area contributed by atoms with Gasteiger partial charge in [0.2, 0.25) is 5.78 Å². The lowest BCUT2D eigenvalue weighted by molar-refractivity contribution is -0.137. The van der Waals surface area contributed by atoms with Crippen LogP contribution < -0.4 is 4.74 Å². The molecule has 0 aliphatic carbocycles. The number of ether oxygens (including phenoxy) is 1. The van der Waals surface area contributed by atoms with E-state index in [1.807, 2.05) is 0 Å². The zero-order valence-corrected chi connectivity index (χ0v) is 10.6. The van der Waals surface area contributed by atoms with E-state index in [-0.39, 0.29) is 5.56 Å². The Morgan fingerprint density at radius 3 is 2.58 bits per heavy atom. The van der Waals surface area contributed by atoms with Crippen molar-refractivity contribution >= 4 is 17.1 Å². The Hall–Kier alpha value is -1.82. The molecule has 0 aliphatic rings. The van der Waals surface area contributed by atoms with Crippen LogP contribution in [-0.4, -0.2) is 12.9 Å². The van der Waals surface area contributed by atoms with Gasteiger partial charge in [-0.3, -0.25) is 4.79 Å². The van der Waals surface area contributed by atoms with Crippen molar-refractivity contribution < 1.29 is 22.7 Å². The molecule has 6 heteroatoms. The van der Waals surface area contributed by atoms with Gasteiger partial charge in [0, 0.05) is 17.0 Å². The topological polar surface area (TPSA) is 26.3 Å². The van der Waals surface area contributed by atoms with Crippen molar-refractivity contribution in [2.75, 3.05) is 7.11 Å². The van der Waals surface area contributed by atoms with Crippen LogP contribution >= 0.6 is 11.3 Å². The van der Waals surface area contributed by atoms with Crippen molar-refractivity contribution in [1.29, 1.82) is 0 Å². The molecule has 100 valence electrons. The third kappa shape index (κ3) is 2.96. The number of hydrogen-bond donors (Lipinski definition) is 0. The summed E-state index contributed by atoms with van der Waals surface area (Å²) in [6, 6.07) is 5.89. The molecule has 19 heavy (non-hydrogen) atoms. The smallest absolute Gasteiger partial charge is 0.416 e. The fourth-order valence-electron chi connectivity index (χ4n) is 1.52. The molecular weight excluding hydrogens is 277 g/mol. The number of methoxy groups -OCH3 is 1. The SMILES string of the molecule is COc1csc(C(=O)c2cccc(C(F)(F)F)c2)c1. The van der Waals surface area contributed by atoms with Gasteiger partial charge in [0.05, 0.1) is 17.6 Å². The van der Waals surface area contributed by atoms with Gasteiger partial charge in [0.1, 0.15) is 5.75 Å². The van der Waals surface area contributed by atoms with Crippen molar-refractivity contribution in [2.45, 2.75) is 6.18 Å². The van der Waals surface area contributed by atoms with Gasteiger partial charge < -0.3 is 4.74 Å². The fraction of sp³-hybridized carbons (Fsp3) is 0.154. The van der Waals surface area contributed by atoms with Crippen LogP contribution in [0, 0.1) is 0 Å². The number of hydrogen-bond acceptors (Lipinski definition) is 3. The number of rotatable bonds is 3.